The van der Waals surface area contributed by atoms with E-state index in [9.17, 15) is 10.2 Å². The lowest BCUT2D eigenvalue weighted by molar-refractivity contribution is 0.0954. The topological polar surface area (TPSA) is 89.2 Å². The molecule has 0 amide bonds. The van der Waals surface area contributed by atoms with E-state index in [1.165, 1.54) is 0 Å². The summed E-state index contributed by atoms with van der Waals surface area (Å²) >= 11 is 0. The standard InChI is InChI=1S/C16H19N3O2/c1-2-13(17)15-12(14(21)10-20)8-9-18-16(15)19-11-6-4-3-5-7-11/h3-9,14,17,20-21H,2,10H2,1H3,(H,18,19). The van der Waals surface area contributed by atoms with Crippen LogP contribution in [0.3, 0.4) is 0 Å². The van der Waals surface area contributed by atoms with Crippen LogP contribution in [0, 0.1) is 5.41 Å². The maximum absolute atomic E-state index is 9.94. The molecule has 0 saturated heterocycles. The summed E-state index contributed by atoms with van der Waals surface area (Å²) in [6.45, 7) is 1.48. The molecule has 0 spiro atoms. The molecule has 0 aliphatic carbocycles. The summed E-state index contributed by atoms with van der Waals surface area (Å²) in [7, 11) is 0. The summed E-state index contributed by atoms with van der Waals surface area (Å²) in [4.78, 5) is 4.28. The molecule has 4 N–H and O–H groups in total. The third-order valence-corrected chi connectivity index (χ3v) is 3.21. The summed E-state index contributed by atoms with van der Waals surface area (Å²) in [5.41, 5.74) is 2.28. The number of nitrogens with one attached hydrogen (secondary N) is 2. The van der Waals surface area contributed by atoms with Crippen molar-refractivity contribution in [3.63, 3.8) is 0 Å². The summed E-state index contributed by atoms with van der Waals surface area (Å²) in [5, 5.41) is 30.4. The Morgan fingerprint density at radius 3 is 2.62 bits per heavy atom. The largest absolute Gasteiger partial charge is 0.393 e. The van der Waals surface area contributed by atoms with Crippen molar-refractivity contribution < 1.29 is 10.2 Å². The summed E-state index contributed by atoms with van der Waals surface area (Å²) < 4.78 is 0. The fourth-order valence-electron chi connectivity index (χ4n) is 2.10. The lowest BCUT2D eigenvalue weighted by atomic mass is 9.98. The summed E-state index contributed by atoms with van der Waals surface area (Å²) in [6, 6.07) is 11.2. The minimum Gasteiger partial charge on any atom is -0.393 e. The first kappa shape index (κ1) is 15.2. The number of anilines is 2. The van der Waals surface area contributed by atoms with Crippen molar-refractivity contribution in [1.29, 1.82) is 5.41 Å². The number of pyridine rings is 1. The Morgan fingerprint density at radius 2 is 2.00 bits per heavy atom. The lowest BCUT2D eigenvalue weighted by Gasteiger charge is -2.18. The zero-order chi connectivity index (χ0) is 15.2. The van der Waals surface area contributed by atoms with Gasteiger partial charge < -0.3 is 20.9 Å². The third kappa shape index (κ3) is 3.45. The van der Waals surface area contributed by atoms with Crippen LogP contribution in [-0.4, -0.2) is 27.5 Å². The molecule has 5 nitrogen and oxygen atoms in total. The number of aliphatic hydroxyl groups excluding tert-OH is 2. The van der Waals surface area contributed by atoms with Crippen LogP contribution < -0.4 is 5.32 Å². The normalized spacial score (nSPS) is 12.0. The Balaban J connectivity index is 2.47. The fraction of sp³-hybridized carbons (Fsp3) is 0.250. The lowest BCUT2D eigenvalue weighted by Crippen LogP contribution is -2.13. The van der Waals surface area contributed by atoms with E-state index in [0.29, 0.717) is 29.1 Å². The second kappa shape index (κ2) is 6.97. The molecule has 5 heteroatoms. The van der Waals surface area contributed by atoms with Gasteiger partial charge in [-0.25, -0.2) is 4.98 Å². The van der Waals surface area contributed by atoms with Gasteiger partial charge in [-0.3, -0.25) is 0 Å². The Bertz CT molecular complexity index is 614. The highest BCUT2D eigenvalue weighted by Gasteiger charge is 2.18. The molecule has 21 heavy (non-hydrogen) atoms. The van der Waals surface area contributed by atoms with E-state index in [1.807, 2.05) is 37.3 Å². The predicted octanol–water partition coefficient (Wildman–Crippen LogP) is 2.63. The van der Waals surface area contributed by atoms with Crippen LogP contribution >= 0.6 is 0 Å². The minimum atomic E-state index is -1.02. The Kier molecular flexibility index (Phi) is 5.03. The van der Waals surface area contributed by atoms with E-state index >= 15 is 0 Å². The molecule has 0 fully saturated rings. The highest BCUT2D eigenvalue weighted by atomic mass is 16.3. The Morgan fingerprint density at radius 1 is 1.29 bits per heavy atom. The Hall–Kier alpha value is -2.24. The average Bonchev–Trinajstić information content (AvgIpc) is 2.54. The van der Waals surface area contributed by atoms with Crippen LogP contribution in [0.1, 0.15) is 30.6 Å². The molecular formula is C16H19N3O2. The van der Waals surface area contributed by atoms with E-state index in [2.05, 4.69) is 10.3 Å². The third-order valence-electron chi connectivity index (χ3n) is 3.21. The van der Waals surface area contributed by atoms with Gasteiger partial charge in [-0.2, -0.15) is 0 Å². The predicted molar refractivity (Wildman–Crippen MR) is 83.1 cm³/mol. The van der Waals surface area contributed by atoms with Gasteiger partial charge in [-0.05, 0) is 30.2 Å². The first-order valence-electron chi connectivity index (χ1n) is 6.85. The molecule has 1 aromatic carbocycles. The second-order valence-electron chi connectivity index (χ2n) is 4.65. The fourth-order valence-corrected chi connectivity index (χ4v) is 2.10. The number of hydrogen-bond acceptors (Lipinski definition) is 5. The first-order valence-corrected chi connectivity index (χ1v) is 6.85. The van der Waals surface area contributed by atoms with Gasteiger partial charge in [0.15, 0.2) is 0 Å². The number of hydrogen-bond donors (Lipinski definition) is 4. The highest BCUT2D eigenvalue weighted by molar-refractivity contribution is 6.04. The first-order chi connectivity index (χ1) is 10.2. The van der Waals surface area contributed by atoms with Gasteiger partial charge in [0, 0.05) is 23.2 Å². The van der Waals surface area contributed by atoms with E-state index in [0.717, 1.165) is 5.69 Å². The van der Waals surface area contributed by atoms with Crippen LogP contribution in [0.25, 0.3) is 0 Å². The van der Waals surface area contributed by atoms with E-state index < -0.39 is 12.7 Å². The maximum Gasteiger partial charge on any atom is 0.139 e. The van der Waals surface area contributed by atoms with Gasteiger partial charge in [0.2, 0.25) is 0 Å². The van der Waals surface area contributed by atoms with Crippen LogP contribution in [-0.2, 0) is 0 Å². The number of rotatable bonds is 6. The molecule has 0 aliphatic heterocycles. The molecular weight excluding hydrogens is 266 g/mol. The Labute approximate surface area is 123 Å². The molecule has 2 rings (SSSR count). The van der Waals surface area contributed by atoms with Gasteiger partial charge in [0.05, 0.1) is 6.61 Å². The quantitative estimate of drug-likeness (QED) is 0.614. The minimum absolute atomic E-state index is 0.365. The zero-order valence-corrected chi connectivity index (χ0v) is 11.9. The molecule has 1 heterocycles. The van der Waals surface area contributed by atoms with Crippen LogP contribution in [0.4, 0.5) is 11.5 Å². The van der Waals surface area contributed by atoms with Crippen molar-refractivity contribution >= 4 is 17.2 Å². The van der Waals surface area contributed by atoms with Crippen LogP contribution in [0.5, 0.6) is 0 Å². The van der Waals surface area contributed by atoms with E-state index in [1.54, 1.807) is 12.3 Å². The molecule has 0 saturated carbocycles. The van der Waals surface area contributed by atoms with E-state index in [4.69, 9.17) is 5.41 Å². The number of nitrogens with zero attached hydrogens (tertiary/aromatic N) is 1. The zero-order valence-electron chi connectivity index (χ0n) is 11.9. The van der Waals surface area contributed by atoms with Crippen molar-refractivity contribution in [2.45, 2.75) is 19.4 Å². The van der Waals surface area contributed by atoms with Crippen molar-refractivity contribution in [1.82, 2.24) is 4.98 Å². The maximum atomic E-state index is 9.94. The number of para-hydroxylation sites is 1. The molecule has 1 aromatic heterocycles. The highest BCUT2D eigenvalue weighted by Crippen LogP contribution is 2.27. The number of aliphatic hydroxyl groups is 2. The SMILES string of the molecule is CCC(=N)c1c(C(O)CO)ccnc1Nc1ccccc1. The van der Waals surface area contributed by atoms with Gasteiger partial charge in [0.25, 0.3) is 0 Å². The summed E-state index contributed by atoms with van der Waals surface area (Å²) in [5.74, 6) is 0.512. The molecule has 110 valence electrons. The molecule has 1 unspecified atom stereocenters. The van der Waals surface area contributed by atoms with Crippen molar-refractivity contribution in [3.8, 4) is 0 Å². The van der Waals surface area contributed by atoms with Crippen LogP contribution in [0.15, 0.2) is 42.6 Å². The van der Waals surface area contributed by atoms with Crippen molar-refractivity contribution in [3.05, 3.63) is 53.7 Å². The average molecular weight is 285 g/mol. The molecule has 1 atom stereocenters. The van der Waals surface area contributed by atoms with Crippen molar-refractivity contribution in [2.24, 2.45) is 0 Å². The van der Waals surface area contributed by atoms with E-state index in [-0.39, 0.29) is 0 Å². The smallest absolute Gasteiger partial charge is 0.139 e. The van der Waals surface area contributed by atoms with Crippen LogP contribution in [0.2, 0.25) is 0 Å². The summed E-state index contributed by atoms with van der Waals surface area (Å²) in [6.07, 6.45) is 1.05. The van der Waals surface area contributed by atoms with Gasteiger partial charge in [-0.15, -0.1) is 0 Å². The number of aromatic nitrogens is 1. The molecule has 0 bridgehead atoms. The molecule has 2 aromatic rings. The van der Waals surface area contributed by atoms with Crippen molar-refractivity contribution in [2.75, 3.05) is 11.9 Å². The molecule has 0 aliphatic rings. The number of benzene rings is 1. The monoisotopic (exact) mass is 285 g/mol. The van der Waals surface area contributed by atoms with Gasteiger partial charge >= 0.3 is 0 Å². The second-order valence-corrected chi connectivity index (χ2v) is 4.65. The van der Waals surface area contributed by atoms with Gasteiger partial charge in [0.1, 0.15) is 11.9 Å². The molecule has 0 radical (unpaired) electrons. The van der Waals surface area contributed by atoms with Gasteiger partial charge in [-0.1, -0.05) is 25.1 Å².